The third-order valence-corrected chi connectivity index (χ3v) is 2.20. The van der Waals surface area contributed by atoms with Crippen molar-refractivity contribution in [1.82, 2.24) is 0 Å². The van der Waals surface area contributed by atoms with E-state index < -0.39 is 0 Å². The molecular weight excluding hydrogens is 284 g/mol. The minimum atomic E-state index is 0.539. The van der Waals surface area contributed by atoms with Gasteiger partial charge in [0, 0.05) is 15.1 Å². The van der Waals surface area contributed by atoms with E-state index in [2.05, 4.69) is 40.0 Å². The predicted molar refractivity (Wildman–Crippen MR) is 62.6 cm³/mol. The van der Waals surface area contributed by atoms with E-state index in [1.165, 1.54) is 3.57 Å². The average Bonchev–Trinajstić information content (AvgIpc) is 2.09. The van der Waals surface area contributed by atoms with Crippen molar-refractivity contribution in [1.29, 1.82) is 0 Å². The summed E-state index contributed by atoms with van der Waals surface area (Å²) < 4.78 is 1.24. The highest BCUT2D eigenvalue weighted by Crippen LogP contribution is 2.10. The molecule has 0 aliphatic carbocycles. The van der Waals surface area contributed by atoms with Crippen molar-refractivity contribution in [3.8, 4) is 0 Å². The summed E-state index contributed by atoms with van der Waals surface area (Å²) in [7, 11) is 0. The number of benzene rings is 1. The first-order valence-electron chi connectivity index (χ1n) is 3.56. The molecule has 0 aliphatic rings. The lowest BCUT2D eigenvalue weighted by molar-refractivity contribution is 1.54. The predicted octanol–water partition coefficient (Wildman–Crippen LogP) is 3.46. The number of rotatable bonds is 3. The van der Waals surface area contributed by atoms with E-state index in [0.717, 1.165) is 5.69 Å². The highest BCUT2D eigenvalue weighted by molar-refractivity contribution is 14.1. The van der Waals surface area contributed by atoms with Crippen LogP contribution in [0.1, 0.15) is 0 Å². The van der Waals surface area contributed by atoms with Gasteiger partial charge in [0.1, 0.15) is 0 Å². The SMILES string of the molecule is ClCC=CNc1ccc(I)cc1. The normalized spacial score (nSPS) is 10.5. The Labute approximate surface area is 91.0 Å². The van der Waals surface area contributed by atoms with Gasteiger partial charge in [0.2, 0.25) is 0 Å². The van der Waals surface area contributed by atoms with E-state index in [4.69, 9.17) is 11.6 Å². The highest BCUT2D eigenvalue weighted by atomic mass is 127. The molecule has 0 heterocycles. The standard InChI is InChI=1S/C9H9ClIN/c10-6-1-7-12-9-4-2-8(11)3-5-9/h1-5,7,12H,6H2. The van der Waals surface area contributed by atoms with Crippen molar-refractivity contribution < 1.29 is 0 Å². The maximum Gasteiger partial charge on any atom is 0.0421 e. The van der Waals surface area contributed by atoms with E-state index >= 15 is 0 Å². The number of halogens is 2. The summed E-state index contributed by atoms with van der Waals surface area (Å²) in [6.45, 7) is 0. The molecule has 0 aliphatic heterocycles. The van der Waals surface area contributed by atoms with Gasteiger partial charge in [0.15, 0.2) is 0 Å². The first-order chi connectivity index (χ1) is 5.83. The first-order valence-corrected chi connectivity index (χ1v) is 5.17. The molecule has 0 unspecified atom stereocenters. The van der Waals surface area contributed by atoms with Crippen molar-refractivity contribution in [2.75, 3.05) is 11.2 Å². The number of alkyl halides is 1. The Morgan fingerprint density at radius 3 is 2.58 bits per heavy atom. The van der Waals surface area contributed by atoms with Crippen molar-refractivity contribution >= 4 is 39.9 Å². The van der Waals surface area contributed by atoms with Crippen molar-refractivity contribution in [2.45, 2.75) is 0 Å². The zero-order valence-corrected chi connectivity index (χ0v) is 9.34. The van der Waals surface area contributed by atoms with Gasteiger partial charge in [0.05, 0.1) is 0 Å². The van der Waals surface area contributed by atoms with Crippen LogP contribution in [-0.2, 0) is 0 Å². The summed E-state index contributed by atoms with van der Waals surface area (Å²) in [5.74, 6) is 0.539. The van der Waals surface area contributed by atoms with Crippen molar-refractivity contribution in [3.05, 3.63) is 40.1 Å². The van der Waals surface area contributed by atoms with Crippen LogP contribution in [0.4, 0.5) is 5.69 Å². The van der Waals surface area contributed by atoms with Crippen LogP contribution in [0.3, 0.4) is 0 Å². The molecule has 0 saturated carbocycles. The largest absolute Gasteiger partial charge is 0.362 e. The zero-order chi connectivity index (χ0) is 8.81. The van der Waals surface area contributed by atoms with E-state index in [1.54, 1.807) is 0 Å². The van der Waals surface area contributed by atoms with Crippen LogP contribution in [0.2, 0.25) is 0 Å². The zero-order valence-electron chi connectivity index (χ0n) is 6.43. The molecule has 1 aromatic rings. The van der Waals surface area contributed by atoms with Crippen molar-refractivity contribution in [3.63, 3.8) is 0 Å². The fourth-order valence-corrected chi connectivity index (χ4v) is 1.19. The summed E-state index contributed by atoms with van der Waals surface area (Å²) in [4.78, 5) is 0. The van der Waals surface area contributed by atoms with Gasteiger partial charge in [-0.25, -0.2) is 0 Å². The molecule has 64 valence electrons. The summed E-state index contributed by atoms with van der Waals surface area (Å²) >= 11 is 7.74. The fraction of sp³-hybridized carbons (Fsp3) is 0.111. The van der Waals surface area contributed by atoms with Gasteiger partial charge >= 0.3 is 0 Å². The molecule has 12 heavy (non-hydrogen) atoms. The molecule has 0 saturated heterocycles. The molecular formula is C9H9ClIN. The van der Waals surface area contributed by atoms with Gasteiger partial charge in [0.25, 0.3) is 0 Å². The topological polar surface area (TPSA) is 12.0 Å². The smallest absolute Gasteiger partial charge is 0.0421 e. The quantitative estimate of drug-likeness (QED) is 0.665. The Hall–Kier alpha value is -0.220. The molecule has 1 nitrogen and oxygen atoms in total. The Morgan fingerprint density at radius 2 is 2.00 bits per heavy atom. The molecule has 0 spiro atoms. The van der Waals surface area contributed by atoms with Gasteiger partial charge in [-0.3, -0.25) is 0 Å². The molecule has 0 bridgehead atoms. The Bertz CT molecular complexity index is 256. The van der Waals surface area contributed by atoms with Crippen LogP contribution in [0, 0.1) is 3.57 Å². The second kappa shape index (κ2) is 5.43. The van der Waals surface area contributed by atoms with Gasteiger partial charge in [-0.05, 0) is 53.1 Å². The van der Waals surface area contributed by atoms with Crippen molar-refractivity contribution in [2.24, 2.45) is 0 Å². The van der Waals surface area contributed by atoms with E-state index in [0.29, 0.717) is 5.88 Å². The highest BCUT2D eigenvalue weighted by Gasteiger charge is 1.86. The number of allylic oxidation sites excluding steroid dienone is 1. The van der Waals surface area contributed by atoms with Crippen LogP contribution < -0.4 is 5.32 Å². The minimum Gasteiger partial charge on any atom is -0.362 e. The third kappa shape index (κ3) is 3.45. The van der Waals surface area contributed by atoms with Crippen LogP contribution in [0.15, 0.2) is 36.5 Å². The maximum absolute atomic E-state index is 5.46. The monoisotopic (exact) mass is 293 g/mol. The summed E-state index contributed by atoms with van der Waals surface area (Å²) in [5.41, 5.74) is 1.08. The van der Waals surface area contributed by atoms with E-state index in [1.807, 2.05) is 24.4 Å². The average molecular weight is 294 g/mol. The number of hydrogen-bond donors (Lipinski definition) is 1. The number of nitrogens with one attached hydrogen (secondary N) is 1. The lowest BCUT2D eigenvalue weighted by Gasteiger charge is -1.99. The molecule has 1 rings (SSSR count). The van der Waals surface area contributed by atoms with E-state index in [-0.39, 0.29) is 0 Å². The lowest BCUT2D eigenvalue weighted by atomic mass is 10.3. The third-order valence-electron chi connectivity index (χ3n) is 1.30. The molecule has 3 heteroatoms. The van der Waals surface area contributed by atoms with E-state index in [9.17, 15) is 0 Å². The maximum atomic E-state index is 5.46. The molecule has 0 aromatic heterocycles. The summed E-state index contributed by atoms with van der Waals surface area (Å²) in [6.07, 6.45) is 3.70. The fourth-order valence-electron chi connectivity index (χ4n) is 0.746. The second-order valence-electron chi connectivity index (χ2n) is 2.21. The van der Waals surface area contributed by atoms with Gasteiger partial charge < -0.3 is 5.32 Å². The van der Waals surface area contributed by atoms with Crippen LogP contribution in [0.25, 0.3) is 0 Å². The Balaban J connectivity index is 2.53. The molecule has 0 fully saturated rings. The molecule has 0 amide bonds. The van der Waals surface area contributed by atoms with Gasteiger partial charge in [-0.1, -0.05) is 6.08 Å². The number of hydrogen-bond acceptors (Lipinski definition) is 1. The first kappa shape index (κ1) is 9.86. The molecule has 0 atom stereocenters. The van der Waals surface area contributed by atoms with Gasteiger partial charge in [-0.15, -0.1) is 11.6 Å². The second-order valence-corrected chi connectivity index (χ2v) is 3.76. The van der Waals surface area contributed by atoms with Crippen LogP contribution in [-0.4, -0.2) is 5.88 Å². The van der Waals surface area contributed by atoms with Crippen LogP contribution in [0.5, 0.6) is 0 Å². The summed E-state index contributed by atoms with van der Waals surface area (Å²) in [5, 5.41) is 3.10. The Morgan fingerprint density at radius 1 is 1.33 bits per heavy atom. The molecule has 1 N–H and O–H groups in total. The molecule has 0 radical (unpaired) electrons. The lowest BCUT2D eigenvalue weighted by Crippen LogP contribution is -1.86. The van der Waals surface area contributed by atoms with Crippen LogP contribution >= 0.6 is 34.2 Å². The summed E-state index contributed by atoms with van der Waals surface area (Å²) in [6, 6.07) is 8.16. The Kier molecular flexibility index (Phi) is 4.46. The minimum absolute atomic E-state index is 0.539. The van der Waals surface area contributed by atoms with Gasteiger partial charge in [-0.2, -0.15) is 0 Å². The number of anilines is 1. The molecule has 1 aromatic carbocycles.